The van der Waals surface area contributed by atoms with Gasteiger partial charge in [0.2, 0.25) is 0 Å². The summed E-state index contributed by atoms with van der Waals surface area (Å²) in [6, 6.07) is 10.2. The van der Waals surface area contributed by atoms with Gasteiger partial charge in [-0.25, -0.2) is 0 Å². The van der Waals surface area contributed by atoms with Crippen molar-refractivity contribution in [3.8, 4) is 0 Å². The number of nitrogens with two attached hydrogens (primary N) is 1. The molecule has 0 fully saturated rings. The molecule has 2 heteroatoms. The van der Waals surface area contributed by atoms with Crippen LogP contribution in [0.3, 0.4) is 0 Å². The van der Waals surface area contributed by atoms with Crippen LogP contribution in [0, 0.1) is 0 Å². The van der Waals surface area contributed by atoms with E-state index in [2.05, 4.69) is 12.1 Å². The summed E-state index contributed by atoms with van der Waals surface area (Å²) in [4.78, 5) is 0. The Morgan fingerprint density at radius 2 is 1.91 bits per heavy atom. The highest BCUT2D eigenvalue weighted by molar-refractivity contribution is 6.18. The molecule has 0 radical (unpaired) electrons. The molecule has 1 unspecified atom stereocenters. The molecule has 2 N–H and O–H groups in total. The Balaban J connectivity index is 2.51. The monoisotopic (exact) mass is 169 g/mol. The van der Waals surface area contributed by atoms with Crippen molar-refractivity contribution in [2.24, 2.45) is 5.73 Å². The molecule has 0 aromatic heterocycles. The highest BCUT2D eigenvalue weighted by atomic mass is 35.5. The zero-order chi connectivity index (χ0) is 8.10. The smallest absolute Gasteiger partial charge is 0.0378 e. The summed E-state index contributed by atoms with van der Waals surface area (Å²) in [5.74, 6) is 0.523. The standard InChI is InChI=1S/C9H12ClN/c10-7-9(11)6-8-4-2-1-3-5-8/h1-5,9H,6-7,11H2. The zero-order valence-electron chi connectivity index (χ0n) is 6.33. The van der Waals surface area contributed by atoms with Gasteiger partial charge < -0.3 is 5.73 Å². The van der Waals surface area contributed by atoms with E-state index in [9.17, 15) is 0 Å². The Morgan fingerprint density at radius 1 is 1.27 bits per heavy atom. The number of hydrogen-bond donors (Lipinski definition) is 1. The Bertz CT molecular complexity index is 198. The molecule has 1 rings (SSSR count). The highest BCUT2D eigenvalue weighted by Crippen LogP contribution is 2.02. The van der Waals surface area contributed by atoms with E-state index in [0.717, 1.165) is 6.42 Å². The molecule has 0 amide bonds. The predicted molar refractivity (Wildman–Crippen MR) is 48.8 cm³/mol. The van der Waals surface area contributed by atoms with Gasteiger partial charge in [-0.3, -0.25) is 0 Å². The van der Waals surface area contributed by atoms with Crippen molar-refractivity contribution in [1.29, 1.82) is 0 Å². The van der Waals surface area contributed by atoms with Crippen LogP contribution in [-0.4, -0.2) is 11.9 Å². The third-order valence-electron chi connectivity index (χ3n) is 1.54. The van der Waals surface area contributed by atoms with E-state index in [1.54, 1.807) is 0 Å². The van der Waals surface area contributed by atoms with Crippen LogP contribution < -0.4 is 5.73 Å². The largest absolute Gasteiger partial charge is 0.326 e. The number of alkyl halides is 1. The fraction of sp³-hybridized carbons (Fsp3) is 0.333. The van der Waals surface area contributed by atoms with Crippen LogP contribution in [0.25, 0.3) is 0 Å². The summed E-state index contributed by atoms with van der Waals surface area (Å²) in [5, 5.41) is 0. The van der Waals surface area contributed by atoms with Gasteiger partial charge in [0, 0.05) is 11.9 Å². The van der Waals surface area contributed by atoms with Gasteiger partial charge in [-0.05, 0) is 12.0 Å². The first-order valence-electron chi connectivity index (χ1n) is 3.68. The maximum Gasteiger partial charge on any atom is 0.0378 e. The fourth-order valence-corrected chi connectivity index (χ4v) is 1.08. The predicted octanol–water partition coefficient (Wildman–Crippen LogP) is 1.80. The lowest BCUT2D eigenvalue weighted by Crippen LogP contribution is -2.24. The van der Waals surface area contributed by atoms with E-state index in [1.165, 1.54) is 5.56 Å². The van der Waals surface area contributed by atoms with Crippen molar-refractivity contribution < 1.29 is 0 Å². The number of benzene rings is 1. The number of halogens is 1. The molecule has 0 heterocycles. The van der Waals surface area contributed by atoms with Gasteiger partial charge in [0.25, 0.3) is 0 Å². The first-order valence-corrected chi connectivity index (χ1v) is 4.22. The van der Waals surface area contributed by atoms with Gasteiger partial charge in [-0.1, -0.05) is 30.3 Å². The second-order valence-electron chi connectivity index (χ2n) is 2.60. The van der Waals surface area contributed by atoms with Crippen LogP contribution >= 0.6 is 11.6 Å². The Hall–Kier alpha value is -0.530. The molecule has 0 saturated heterocycles. The van der Waals surface area contributed by atoms with E-state index < -0.39 is 0 Å². The van der Waals surface area contributed by atoms with Crippen molar-refractivity contribution >= 4 is 11.6 Å². The minimum Gasteiger partial charge on any atom is -0.326 e. The summed E-state index contributed by atoms with van der Waals surface area (Å²) >= 11 is 5.58. The lowest BCUT2D eigenvalue weighted by atomic mass is 10.1. The molecule has 0 aliphatic carbocycles. The Labute approximate surface area is 72.2 Å². The maximum atomic E-state index is 5.67. The summed E-state index contributed by atoms with van der Waals surface area (Å²) in [5.41, 5.74) is 6.92. The first-order chi connectivity index (χ1) is 5.33. The average molecular weight is 170 g/mol. The molecule has 0 saturated carbocycles. The van der Waals surface area contributed by atoms with Gasteiger partial charge in [-0.2, -0.15) is 0 Å². The van der Waals surface area contributed by atoms with Crippen molar-refractivity contribution in [3.63, 3.8) is 0 Å². The van der Waals surface area contributed by atoms with Gasteiger partial charge in [-0.15, -0.1) is 11.6 Å². The van der Waals surface area contributed by atoms with Crippen LogP contribution in [0.2, 0.25) is 0 Å². The number of hydrogen-bond acceptors (Lipinski definition) is 1. The van der Waals surface area contributed by atoms with Crippen LogP contribution in [0.5, 0.6) is 0 Å². The molecule has 60 valence electrons. The molecule has 0 aliphatic heterocycles. The van der Waals surface area contributed by atoms with Crippen LogP contribution in [0.15, 0.2) is 30.3 Å². The lowest BCUT2D eigenvalue weighted by molar-refractivity contribution is 0.745. The normalized spacial score (nSPS) is 12.9. The first kappa shape index (κ1) is 8.57. The van der Waals surface area contributed by atoms with Crippen LogP contribution in [-0.2, 0) is 6.42 Å². The summed E-state index contributed by atoms with van der Waals surface area (Å²) < 4.78 is 0. The quantitative estimate of drug-likeness (QED) is 0.687. The minimum atomic E-state index is 0.0825. The summed E-state index contributed by atoms with van der Waals surface area (Å²) in [6.07, 6.45) is 0.865. The lowest BCUT2D eigenvalue weighted by Gasteiger charge is -2.06. The Kier molecular flexibility index (Phi) is 3.40. The van der Waals surface area contributed by atoms with Crippen LogP contribution in [0.1, 0.15) is 5.56 Å². The Morgan fingerprint density at radius 3 is 2.45 bits per heavy atom. The molecular weight excluding hydrogens is 158 g/mol. The van der Waals surface area contributed by atoms with E-state index in [-0.39, 0.29) is 6.04 Å². The molecule has 1 aromatic rings. The van der Waals surface area contributed by atoms with Crippen molar-refractivity contribution in [3.05, 3.63) is 35.9 Å². The highest BCUT2D eigenvalue weighted by Gasteiger charge is 2.00. The van der Waals surface area contributed by atoms with Crippen molar-refractivity contribution in [2.45, 2.75) is 12.5 Å². The van der Waals surface area contributed by atoms with Gasteiger partial charge in [0.05, 0.1) is 0 Å². The van der Waals surface area contributed by atoms with E-state index in [4.69, 9.17) is 17.3 Å². The van der Waals surface area contributed by atoms with Gasteiger partial charge >= 0.3 is 0 Å². The molecule has 1 atom stereocenters. The van der Waals surface area contributed by atoms with Crippen molar-refractivity contribution in [1.82, 2.24) is 0 Å². The SMILES string of the molecule is NC(CCl)Cc1ccccc1. The molecule has 0 aliphatic rings. The molecule has 0 spiro atoms. The molecular formula is C9H12ClN. The average Bonchev–Trinajstić information content (AvgIpc) is 2.06. The maximum absolute atomic E-state index is 5.67. The summed E-state index contributed by atoms with van der Waals surface area (Å²) in [6.45, 7) is 0. The zero-order valence-corrected chi connectivity index (χ0v) is 7.09. The molecule has 1 nitrogen and oxygen atoms in total. The van der Waals surface area contributed by atoms with Gasteiger partial charge in [0.15, 0.2) is 0 Å². The second-order valence-corrected chi connectivity index (χ2v) is 2.91. The van der Waals surface area contributed by atoms with E-state index in [0.29, 0.717) is 5.88 Å². The van der Waals surface area contributed by atoms with Gasteiger partial charge in [0.1, 0.15) is 0 Å². The molecule has 1 aromatic carbocycles. The van der Waals surface area contributed by atoms with Crippen LogP contribution in [0.4, 0.5) is 0 Å². The third kappa shape index (κ3) is 2.91. The second kappa shape index (κ2) is 4.37. The minimum absolute atomic E-state index is 0.0825. The van der Waals surface area contributed by atoms with Crippen molar-refractivity contribution in [2.75, 3.05) is 5.88 Å². The fourth-order valence-electron chi connectivity index (χ4n) is 0.971. The molecule has 11 heavy (non-hydrogen) atoms. The topological polar surface area (TPSA) is 26.0 Å². The third-order valence-corrected chi connectivity index (χ3v) is 1.94. The number of rotatable bonds is 3. The van der Waals surface area contributed by atoms with E-state index >= 15 is 0 Å². The summed E-state index contributed by atoms with van der Waals surface area (Å²) in [7, 11) is 0. The van der Waals surface area contributed by atoms with E-state index in [1.807, 2.05) is 18.2 Å². The molecule has 0 bridgehead atoms.